The first-order chi connectivity index (χ1) is 7.35. The molecule has 2 aliphatic rings. The number of benzene rings is 1. The van der Waals surface area contributed by atoms with Crippen molar-refractivity contribution in [2.75, 3.05) is 0 Å². The average Bonchev–Trinajstić information content (AvgIpc) is 2.86. The summed E-state index contributed by atoms with van der Waals surface area (Å²) >= 11 is 0. The Kier molecular flexibility index (Phi) is 1.50. The number of nitrogens with zero attached hydrogens (tertiary/aromatic N) is 2. The minimum absolute atomic E-state index is 0.253. The van der Waals surface area contributed by atoms with Crippen LogP contribution >= 0.6 is 0 Å². The molecular formula is C13H8N2. The number of hydrogen-bond acceptors (Lipinski definition) is 2. The summed E-state index contributed by atoms with van der Waals surface area (Å²) in [5.74, 6) is 0.554. The molecule has 70 valence electrons. The molecule has 1 aromatic carbocycles. The Bertz CT molecular complexity index is 555. The molecule has 2 atom stereocenters. The van der Waals surface area contributed by atoms with Crippen LogP contribution in [0.3, 0.4) is 0 Å². The SMILES string of the molecule is N#CC1=CC2CC1c1cccc(C#N)c12. The minimum Gasteiger partial charge on any atom is -0.193 e. The van der Waals surface area contributed by atoms with Crippen LogP contribution in [0.5, 0.6) is 0 Å². The van der Waals surface area contributed by atoms with Gasteiger partial charge in [-0.1, -0.05) is 18.2 Å². The van der Waals surface area contributed by atoms with Crippen molar-refractivity contribution >= 4 is 0 Å². The van der Waals surface area contributed by atoms with Gasteiger partial charge in [0.15, 0.2) is 0 Å². The van der Waals surface area contributed by atoms with Crippen LogP contribution in [0.1, 0.15) is 34.9 Å². The van der Waals surface area contributed by atoms with E-state index in [0.717, 1.165) is 23.1 Å². The van der Waals surface area contributed by atoms with Crippen molar-refractivity contribution in [1.82, 2.24) is 0 Å². The second kappa shape index (κ2) is 2.72. The topological polar surface area (TPSA) is 47.6 Å². The van der Waals surface area contributed by atoms with Crippen molar-refractivity contribution in [3.63, 3.8) is 0 Å². The third-order valence-corrected chi connectivity index (χ3v) is 3.38. The highest BCUT2D eigenvalue weighted by molar-refractivity contribution is 5.59. The molecule has 0 N–H and O–H groups in total. The lowest BCUT2D eigenvalue weighted by Gasteiger charge is -2.13. The fourth-order valence-corrected chi connectivity index (χ4v) is 2.79. The van der Waals surface area contributed by atoms with Gasteiger partial charge < -0.3 is 0 Å². The molecule has 0 heterocycles. The molecule has 0 aliphatic heterocycles. The predicted molar refractivity (Wildman–Crippen MR) is 55.0 cm³/mol. The van der Waals surface area contributed by atoms with E-state index in [0.29, 0.717) is 5.92 Å². The fourth-order valence-electron chi connectivity index (χ4n) is 2.79. The van der Waals surface area contributed by atoms with E-state index in [2.05, 4.69) is 12.1 Å². The molecule has 0 fully saturated rings. The van der Waals surface area contributed by atoms with Crippen molar-refractivity contribution in [3.8, 4) is 12.1 Å². The van der Waals surface area contributed by atoms with Crippen molar-refractivity contribution in [2.45, 2.75) is 18.3 Å². The average molecular weight is 192 g/mol. The number of nitriles is 2. The minimum atomic E-state index is 0.253. The van der Waals surface area contributed by atoms with E-state index >= 15 is 0 Å². The van der Waals surface area contributed by atoms with Gasteiger partial charge in [-0.2, -0.15) is 10.5 Å². The van der Waals surface area contributed by atoms with E-state index in [4.69, 9.17) is 10.5 Å². The lowest BCUT2D eigenvalue weighted by atomic mass is 9.89. The van der Waals surface area contributed by atoms with E-state index in [9.17, 15) is 0 Å². The van der Waals surface area contributed by atoms with Crippen LogP contribution in [-0.4, -0.2) is 0 Å². The standard InChI is InChI=1S/C13H8N2/c14-6-8-2-1-3-11-12-5-9(13(8)11)4-10(12)7-15/h1-4,9,12H,5H2. The maximum absolute atomic E-state index is 9.02. The Balaban J connectivity index is 2.23. The van der Waals surface area contributed by atoms with Crippen LogP contribution in [0.15, 0.2) is 29.8 Å². The molecule has 15 heavy (non-hydrogen) atoms. The summed E-state index contributed by atoms with van der Waals surface area (Å²) in [5, 5.41) is 18.0. The summed E-state index contributed by atoms with van der Waals surface area (Å²) in [6.07, 6.45) is 3.00. The van der Waals surface area contributed by atoms with Crippen molar-refractivity contribution < 1.29 is 0 Å². The van der Waals surface area contributed by atoms with Gasteiger partial charge in [0.25, 0.3) is 0 Å². The first-order valence-corrected chi connectivity index (χ1v) is 5.00. The first-order valence-electron chi connectivity index (χ1n) is 5.00. The highest BCUT2D eigenvalue weighted by Gasteiger charge is 2.39. The Labute approximate surface area is 88.1 Å². The van der Waals surface area contributed by atoms with Crippen molar-refractivity contribution in [3.05, 3.63) is 46.5 Å². The summed E-state index contributed by atoms with van der Waals surface area (Å²) in [4.78, 5) is 0. The molecule has 2 aliphatic carbocycles. The van der Waals surface area contributed by atoms with Crippen molar-refractivity contribution in [2.24, 2.45) is 0 Å². The van der Waals surface area contributed by atoms with Gasteiger partial charge in [0.1, 0.15) is 0 Å². The lowest BCUT2D eigenvalue weighted by molar-refractivity contribution is 0.793. The van der Waals surface area contributed by atoms with Crippen LogP contribution in [0.2, 0.25) is 0 Å². The van der Waals surface area contributed by atoms with Crippen LogP contribution in [0, 0.1) is 22.7 Å². The highest BCUT2D eigenvalue weighted by Crippen LogP contribution is 2.52. The Morgan fingerprint density at radius 1 is 1.20 bits per heavy atom. The Hall–Kier alpha value is -2.06. The van der Waals surface area contributed by atoms with Crippen molar-refractivity contribution in [1.29, 1.82) is 10.5 Å². The van der Waals surface area contributed by atoms with Gasteiger partial charge in [0, 0.05) is 17.4 Å². The van der Waals surface area contributed by atoms with E-state index < -0.39 is 0 Å². The third-order valence-electron chi connectivity index (χ3n) is 3.38. The van der Waals surface area contributed by atoms with E-state index in [1.165, 1.54) is 5.56 Å². The molecular weight excluding hydrogens is 184 g/mol. The van der Waals surface area contributed by atoms with Gasteiger partial charge in [-0.3, -0.25) is 0 Å². The summed E-state index contributed by atoms with van der Waals surface area (Å²) in [6, 6.07) is 10.3. The predicted octanol–water partition coefficient (Wildman–Crippen LogP) is 2.59. The van der Waals surface area contributed by atoms with Crippen LogP contribution in [-0.2, 0) is 0 Å². The van der Waals surface area contributed by atoms with Gasteiger partial charge in [0.2, 0.25) is 0 Å². The molecule has 0 saturated carbocycles. The summed E-state index contributed by atoms with van der Waals surface area (Å²) in [5.41, 5.74) is 4.00. The Morgan fingerprint density at radius 3 is 2.80 bits per heavy atom. The quantitative estimate of drug-likeness (QED) is 0.634. The van der Waals surface area contributed by atoms with E-state index in [-0.39, 0.29) is 5.92 Å². The zero-order valence-corrected chi connectivity index (χ0v) is 8.07. The van der Waals surface area contributed by atoms with Crippen LogP contribution in [0.25, 0.3) is 0 Å². The molecule has 0 aromatic heterocycles. The van der Waals surface area contributed by atoms with Crippen LogP contribution < -0.4 is 0 Å². The van der Waals surface area contributed by atoms with Gasteiger partial charge in [-0.15, -0.1) is 0 Å². The normalized spacial score (nSPS) is 25.3. The second-order valence-electron chi connectivity index (χ2n) is 4.05. The molecule has 0 radical (unpaired) electrons. The van der Waals surface area contributed by atoms with E-state index in [1.54, 1.807) is 0 Å². The summed E-state index contributed by atoms with van der Waals surface area (Å²) < 4.78 is 0. The molecule has 0 spiro atoms. The largest absolute Gasteiger partial charge is 0.193 e. The zero-order valence-electron chi connectivity index (χ0n) is 8.07. The number of rotatable bonds is 0. The third kappa shape index (κ3) is 0.913. The molecule has 0 saturated heterocycles. The highest BCUT2D eigenvalue weighted by atomic mass is 14.4. The summed E-state index contributed by atoms with van der Waals surface area (Å²) in [7, 11) is 0. The lowest BCUT2D eigenvalue weighted by Crippen LogP contribution is -2.00. The monoisotopic (exact) mass is 192 g/mol. The Morgan fingerprint density at radius 2 is 2.07 bits per heavy atom. The van der Waals surface area contributed by atoms with Gasteiger partial charge in [-0.25, -0.2) is 0 Å². The number of hydrogen-bond donors (Lipinski definition) is 0. The molecule has 0 amide bonds. The molecule has 2 unspecified atom stereocenters. The fraction of sp³-hybridized carbons (Fsp3) is 0.231. The van der Waals surface area contributed by atoms with Crippen LogP contribution in [0.4, 0.5) is 0 Å². The van der Waals surface area contributed by atoms with Gasteiger partial charge in [0.05, 0.1) is 17.7 Å². The smallest absolute Gasteiger partial charge is 0.0994 e. The maximum Gasteiger partial charge on any atom is 0.0994 e. The number of allylic oxidation sites excluding steroid dienone is 2. The molecule has 3 rings (SSSR count). The van der Waals surface area contributed by atoms with Gasteiger partial charge in [-0.05, 0) is 23.6 Å². The maximum atomic E-state index is 9.02. The van der Waals surface area contributed by atoms with E-state index in [1.807, 2.05) is 24.3 Å². The number of fused-ring (bicyclic) bond motifs is 5. The van der Waals surface area contributed by atoms with Gasteiger partial charge >= 0.3 is 0 Å². The summed E-state index contributed by atoms with van der Waals surface area (Å²) in [6.45, 7) is 0. The molecule has 2 nitrogen and oxygen atoms in total. The molecule has 2 bridgehead atoms. The first kappa shape index (κ1) is 8.26. The molecule has 2 heteroatoms. The zero-order chi connectivity index (χ0) is 10.4. The second-order valence-corrected chi connectivity index (χ2v) is 4.05. The molecule has 1 aromatic rings.